The highest BCUT2D eigenvalue weighted by atomic mass is 15.1. The molecule has 1 aromatic heterocycles. The van der Waals surface area contributed by atoms with Crippen molar-refractivity contribution in [3.63, 3.8) is 0 Å². The number of unbranched alkanes of at least 4 members (excludes halogenated alkanes) is 2. The molecule has 1 aliphatic rings. The summed E-state index contributed by atoms with van der Waals surface area (Å²) in [5.74, 6) is 0.712. The Kier molecular flexibility index (Phi) is 6.45. The number of H-pyrrole nitrogens is 1. The Morgan fingerprint density at radius 3 is 2.38 bits per heavy atom. The average molecular weight is 355 g/mol. The third kappa shape index (κ3) is 3.86. The Labute approximate surface area is 160 Å². The van der Waals surface area contributed by atoms with E-state index in [9.17, 15) is 0 Å². The predicted octanol–water partition coefficient (Wildman–Crippen LogP) is 6.66. The van der Waals surface area contributed by atoms with E-state index in [1.807, 2.05) is 0 Å². The van der Waals surface area contributed by atoms with Gasteiger partial charge in [0.2, 0.25) is 0 Å². The molecule has 1 heterocycles. The minimum atomic E-state index is 0.433. The van der Waals surface area contributed by atoms with Crippen LogP contribution >= 0.6 is 0 Å². The molecule has 2 heteroatoms. The van der Waals surface area contributed by atoms with Gasteiger partial charge in [0, 0.05) is 22.1 Å². The first-order valence-corrected chi connectivity index (χ1v) is 10.9. The number of hydrogen-bond donors (Lipinski definition) is 1. The van der Waals surface area contributed by atoms with Crippen molar-refractivity contribution in [2.45, 2.75) is 89.5 Å². The first-order valence-electron chi connectivity index (χ1n) is 10.9. The Hall–Kier alpha value is -1.28. The highest BCUT2D eigenvalue weighted by Crippen LogP contribution is 2.44. The zero-order chi connectivity index (χ0) is 18.6. The molecule has 1 saturated carbocycles. The number of fused-ring (bicyclic) bond motifs is 1. The van der Waals surface area contributed by atoms with E-state index in [0.29, 0.717) is 11.5 Å². The highest BCUT2D eigenvalue weighted by molar-refractivity contribution is 5.84. The standard InChI is InChI=1S/C24H38N2/c1-5-7-11-21-20-12-9-10-13-22(20)25-23(21)19-14-17-24(18-15-19,26(3)4)16-8-6-2/h9-10,12-13,19,25H,5-8,11,14-18H2,1-4H3. The minimum Gasteiger partial charge on any atom is -0.358 e. The Bertz CT molecular complexity index is 689. The van der Waals surface area contributed by atoms with Crippen molar-refractivity contribution in [1.82, 2.24) is 9.88 Å². The Morgan fingerprint density at radius 1 is 1.04 bits per heavy atom. The molecule has 0 atom stereocenters. The van der Waals surface area contributed by atoms with Gasteiger partial charge in [0.25, 0.3) is 0 Å². The molecule has 3 rings (SSSR count). The van der Waals surface area contributed by atoms with Crippen molar-refractivity contribution >= 4 is 10.9 Å². The highest BCUT2D eigenvalue weighted by Gasteiger charge is 2.37. The number of aromatic amines is 1. The van der Waals surface area contributed by atoms with Crippen LogP contribution in [0.15, 0.2) is 24.3 Å². The van der Waals surface area contributed by atoms with E-state index in [-0.39, 0.29) is 0 Å². The van der Waals surface area contributed by atoms with Gasteiger partial charge in [-0.1, -0.05) is 51.3 Å². The maximum absolute atomic E-state index is 3.83. The summed E-state index contributed by atoms with van der Waals surface area (Å²) in [6.07, 6.45) is 13.1. The Morgan fingerprint density at radius 2 is 1.73 bits per heavy atom. The summed E-state index contributed by atoms with van der Waals surface area (Å²) in [5, 5.41) is 1.46. The molecule has 0 amide bonds. The van der Waals surface area contributed by atoms with Gasteiger partial charge in [-0.05, 0) is 76.6 Å². The van der Waals surface area contributed by atoms with E-state index in [4.69, 9.17) is 0 Å². The second kappa shape index (κ2) is 8.61. The molecule has 2 nitrogen and oxygen atoms in total. The van der Waals surface area contributed by atoms with E-state index >= 15 is 0 Å². The zero-order valence-electron chi connectivity index (χ0n) is 17.4. The van der Waals surface area contributed by atoms with Crippen LogP contribution in [-0.4, -0.2) is 29.5 Å². The predicted molar refractivity (Wildman–Crippen MR) is 114 cm³/mol. The van der Waals surface area contributed by atoms with Gasteiger partial charge >= 0.3 is 0 Å². The topological polar surface area (TPSA) is 19.0 Å². The fourth-order valence-electron chi connectivity index (χ4n) is 5.06. The molecule has 0 spiro atoms. The van der Waals surface area contributed by atoms with Gasteiger partial charge in [-0.3, -0.25) is 0 Å². The van der Waals surface area contributed by atoms with Crippen LogP contribution in [0, 0.1) is 0 Å². The van der Waals surface area contributed by atoms with Crippen molar-refractivity contribution in [2.75, 3.05) is 14.1 Å². The van der Waals surface area contributed by atoms with E-state index in [1.165, 1.54) is 75.1 Å². The van der Waals surface area contributed by atoms with Crippen molar-refractivity contribution in [3.8, 4) is 0 Å². The molecule has 0 aliphatic heterocycles. The van der Waals surface area contributed by atoms with Crippen LogP contribution in [0.1, 0.15) is 88.8 Å². The summed E-state index contributed by atoms with van der Waals surface area (Å²) in [4.78, 5) is 6.36. The van der Waals surface area contributed by atoms with Crippen molar-refractivity contribution < 1.29 is 0 Å². The SMILES string of the molecule is CCCCc1c(C2CCC(CCCC)(N(C)C)CC2)[nH]c2ccccc12. The maximum atomic E-state index is 3.83. The summed E-state index contributed by atoms with van der Waals surface area (Å²) in [6, 6.07) is 8.92. The normalized spacial score (nSPS) is 23.8. The van der Waals surface area contributed by atoms with Crippen LogP contribution in [-0.2, 0) is 6.42 Å². The molecule has 2 aromatic rings. The smallest absolute Gasteiger partial charge is 0.0459 e. The number of benzene rings is 1. The molecule has 1 N–H and O–H groups in total. The average Bonchev–Trinajstić information content (AvgIpc) is 3.03. The van der Waals surface area contributed by atoms with Crippen LogP contribution in [0.5, 0.6) is 0 Å². The molecule has 1 fully saturated rings. The lowest BCUT2D eigenvalue weighted by Gasteiger charge is -2.45. The molecule has 1 aliphatic carbocycles. The van der Waals surface area contributed by atoms with Gasteiger partial charge in [-0.15, -0.1) is 0 Å². The first-order chi connectivity index (χ1) is 12.6. The minimum absolute atomic E-state index is 0.433. The second-order valence-corrected chi connectivity index (χ2v) is 8.66. The first kappa shape index (κ1) is 19.5. The maximum Gasteiger partial charge on any atom is 0.0459 e. The Balaban J connectivity index is 1.82. The summed E-state index contributed by atoms with van der Waals surface area (Å²) >= 11 is 0. The molecule has 26 heavy (non-hydrogen) atoms. The van der Waals surface area contributed by atoms with E-state index in [1.54, 1.807) is 11.3 Å². The molecule has 0 saturated heterocycles. The largest absolute Gasteiger partial charge is 0.358 e. The van der Waals surface area contributed by atoms with Crippen molar-refractivity contribution in [2.24, 2.45) is 0 Å². The third-order valence-corrected chi connectivity index (χ3v) is 6.90. The number of rotatable bonds is 8. The van der Waals surface area contributed by atoms with E-state index in [0.717, 1.165) is 0 Å². The van der Waals surface area contributed by atoms with E-state index in [2.05, 4.69) is 62.1 Å². The van der Waals surface area contributed by atoms with Gasteiger partial charge in [0.15, 0.2) is 0 Å². The lowest BCUT2D eigenvalue weighted by atomic mass is 9.72. The molecule has 1 aromatic carbocycles. The van der Waals surface area contributed by atoms with Crippen molar-refractivity contribution in [1.29, 1.82) is 0 Å². The van der Waals surface area contributed by atoms with Gasteiger partial charge < -0.3 is 9.88 Å². The molecule has 0 unspecified atom stereocenters. The molecule has 144 valence electrons. The molecular weight excluding hydrogens is 316 g/mol. The van der Waals surface area contributed by atoms with Crippen LogP contribution in [0.25, 0.3) is 10.9 Å². The fourth-order valence-corrected chi connectivity index (χ4v) is 5.06. The van der Waals surface area contributed by atoms with Crippen LogP contribution in [0.4, 0.5) is 0 Å². The number of nitrogens with zero attached hydrogens (tertiary/aromatic N) is 1. The van der Waals surface area contributed by atoms with Crippen molar-refractivity contribution in [3.05, 3.63) is 35.5 Å². The monoisotopic (exact) mass is 354 g/mol. The third-order valence-electron chi connectivity index (χ3n) is 6.90. The number of nitrogens with one attached hydrogen (secondary N) is 1. The summed E-state index contributed by atoms with van der Waals surface area (Å²) in [6.45, 7) is 4.62. The number of aryl methyl sites for hydroxylation is 1. The van der Waals surface area contributed by atoms with Crippen LogP contribution in [0.2, 0.25) is 0 Å². The summed E-state index contributed by atoms with van der Waals surface area (Å²) in [5.41, 5.74) is 4.94. The van der Waals surface area contributed by atoms with Gasteiger partial charge in [-0.2, -0.15) is 0 Å². The number of para-hydroxylation sites is 1. The number of hydrogen-bond acceptors (Lipinski definition) is 1. The van der Waals surface area contributed by atoms with E-state index < -0.39 is 0 Å². The van der Waals surface area contributed by atoms with Gasteiger partial charge in [-0.25, -0.2) is 0 Å². The zero-order valence-corrected chi connectivity index (χ0v) is 17.4. The fraction of sp³-hybridized carbons (Fsp3) is 0.667. The number of aromatic nitrogens is 1. The quantitative estimate of drug-likeness (QED) is 0.561. The van der Waals surface area contributed by atoms with Gasteiger partial charge in [0.1, 0.15) is 0 Å². The molecule has 0 radical (unpaired) electrons. The summed E-state index contributed by atoms with van der Waals surface area (Å²) in [7, 11) is 4.59. The molecule has 0 bridgehead atoms. The second-order valence-electron chi connectivity index (χ2n) is 8.66. The summed E-state index contributed by atoms with van der Waals surface area (Å²) < 4.78 is 0. The van der Waals surface area contributed by atoms with Gasteiger partial charge in [0.05, 0.1) is 0 Å². The lowest BCUT2D eigenvalue weighted by molar-refractivity contribution is 0.0802. The van der Waals surface area contributed by atoms with Crippen LogP contribution in [0.3, 0.4) is 0 Å². The molecular formula is C24H38N2. The lowest BCUT2D eigenvalue weighted by Crippen LogP contribution is -2.46. The van der Waals surface area contributed by atoms with Crippen LogP contribution < -0.4 is 0 Å².